The van der Waals surface area contributed by atoms with E-state index < -0.39 is 0 Å². The van der Waals surface area contributed by atoms with Gasteiger partial charge in [-0.2, -0.15) is 0 Å². The molecule has 0 radical (unpaired) electrons. The first-order chi connectivity index (χ1) is 5.97. The fourth-order valence-corrected chi connectivity index (χ4v) is 3.40. The fraction of sp³-hybridized carbons (Fsp3) is 0.750. The predicted molar refractivity (Wildman–Crippen MR) is 53.4 cm³/mol. The molecule has 72 valence electrons. The Morgan fingerprint density at radius 2 is 2.08 bits per heavy atom. The second-order valence-electron chi connectivity index (χ2n) is 5.03. The van der Waals surface area contributed by atoms with Gasteiger partial charge in [0, 0.05) is 5.92 Å². The van der Waals surface area contributed by atoms with E-state index in [0.29, 0.717) is 17.6 Å². The van der Waals surface area contributed by atoms with Crippen molar-refractivity contribution in [3.63, 3.8) is 0 Å². The van der Waals surface area contributed by atoms with Gasteiger partial charge >= 0.3 is 0 Å². The SMILES string of the molecule is CC(=O)C1C[C@H]2CC1(C)C(C)=C2C. The molecular formula is C12H18O. The summed E-state index contributed by atoms with van der Waals surface area (Å²) in [6, 6.07) is 0. The molecule has 0 aliphatic heterocycles. The first-order valence-corrected chi connectivity index (χ1v) is 5.15. The zero-order valence-electron chi connectivity index (χ0n) is 8.98. The summed E-state index contributed by atoms with van der Waals surface area (Å²) in [5.74, 6) is 1.40. The molecule has 1 heteroatoms. The highest BCUT2D eigenvalue weighted by atomic mass is 16.1. The molecule has 1 saturated carbocycles. The van der Waals surface area contributed by atoms with Crippen molar-refractivity contribution in [3.05, 3.63) is 11.1 Å². The molecule has 0 spiro atoms. The summed E-state index contributed by atoms with van der Waals surface area (Å²) in [5, 5.41) is 0. The average molecular weight is 178 g/mol. The second kappa shape index (κ2) is 2.46. The van der Waals surface area contributed by atoms with E-state index in [-0.39, 0.29) is 5.41 Å². The number of allylic oxidation sites excluding steroid dienone is 2. The standard InChI is InChI=1S/C12H18O/c1-7-8(2)12(4)6-10(7)5-11(12)9(3)13/h10-11H,5-6H2,1-4H3/t10-,11?,12?/m0/s1. The zero-order chi connectivity index (χ0) is 9.80. The Morgan fingerprint density at radius 3 is 2.46 bits per heavy atom. The van der Waals surface area contributed by atoms with E-state index in [0.717, 1.165) is 6.42 Å². The van der Waals surface area contributed by atoms with E-state index >= 15 is 0 Å². The van der Waals surface area contributed by atoms with E-state index in [1.54, 1.807) is 12.5 Å². The number of carbonyl (C=O) groups is 1. The Balaban J connectivity index is 2.41. The number of rotatable bonds is 1. The largest absolute Gasteiger partial charge is 0.300 e. The molecule has 0 saturated heterocycles. The maximum absolute atomic E-state index is 11.5. The number of hydrogen-bond acceptors (Lipinski definition) is 1. The lowest BCUT2D eigenvalue weighted by atomic mass is 9.72. The summed E-state index contributed by atoms with van der Waals surface area (Å²) < 4.78 is 0. The highest BCUT2D eigenvalue weighted by Gasteiger charge is 2.52. The van der Waals surface area contributed by atoms with Crippen LogP contribution in [-0.2, 0) is 4.79 Å². The summed E-state index contributed by atoms with van der Waals surface area (Å²) in [6.07, 6.45) is 2.32. The van der Waals surface area contributed by atoms with Crippen LogP contribution in [0.2, 0.25) is 0 Å². The molecule has 2 rings (SSSR count). The summed E-state index contributed by atoms with van der Waals surface area (Å²) >= 11 is 0. The zero-order valence-corrected chi connectivity index (χ0v) is 8.98. The van der Waals surface area contributed by atoms with Gasteiger partial charge in [0.15, 0.2) is 0 Å². The Kier molecular flexibility index (Phi) is 1.70. The van der Waals surface area contributed by atoms with Gasteiger partial charge in [-0.3, -0.25) is 4.79 Å². The summed E-state index contributed by atoms with van der Waals surface area (Å²) in [7, 11) is 0. The van der Waals surface area contributed by atoms with Crippen LogP contribution in [0.3, 0.4) is 0 Å². The minimum Gasteiger partial charge on any atom is -0.300 e. The Labute approximate surface area is 80.2 Å². The van der Waals surface area contributed by atoms with Gasteiger partial charge in [-0.1, -0.05) is 18.1 Å². The smallest absolute Gasteiger partial charge is 0.133 e. The maximum Gasteiger partial charge on any atom is 0.133 e. The number of carbonyl (C=O) groups excluding carboxylic acids is 1. The van der Waals surface area contributed by atoms with E-state index in [1.807, 2.05) is 0 Å². The van der Waals surface area contributed by atoms with Crippen LogP contribution in [0.4, 0.5) is 0 Å². The van der Waals surface area contributed by atoms with Crippen LogP contribution in [0.1, 0.15) is 40.5 Å². The van der Waals surface area contributed by atoms with Gasteiger partial charge in [0.05, 0.1) is 0 Å². The van der Waals surface area contributed by atoms with Gasteiger partial charge in [0.2, 0.25) is 0 Å². The fourth-order valence-electron chi connectivity index (χ4n) is 3.40. The van der Waals surface area contributed by atoms with Gasteiger partial charge in [-0.05, 0) is 44.9 Å². The first-order valence-electron chi connectivity index (χ1n) is 5.15. The van der Waals surface area contributed by atoms with Crippen LogP contribution in [0.5, 0.6) is 0 Å². The Bertz CT molecular complexity index is 300. The van der Waals surface area contributed by atoms with Gasteiger partial charge < -0.3 is 0 Å². The molecule has 13 heavy (non-hydrogen) atoms. The predicted octanol–water partition coefficient (Wildman–Crippen LogP) is 2.96. The molecule has 0 aromatic carbocycles. The van der Waals surface area contributed by atoms with E-state index in [1.165, 1.54) is 12.0 Å². The van der Waals surface area contributed by atoms with E-state index in [9.17, 15) is 4.79 Å². The third-order valence-corrected chi connectivity index (χ3v) is 4.51. The number of hydrogen-bond donors (Lipinski definition) is 0. The molecule has 2 unspecified atom stereocenters. The molecule has 3 atom stereocenters. The minimum atomic E-state index is 0.209. The molecule has 0 heterocycles. The lowest BCUT2D eigenvalue weighted by Crippen LogP contribution is -2.29. The summed E-state index contributed by atoms with van der Waals surface area (Å²) in [4.78, 5) is 11.5. The summed E-state index contributed by atoms with van der Waals surface area (Å²) in [5.41, 5.74) is 3.25. The minimum absolute atomic E-state index is 0.209. The second-order valence-corrected chi connectivity index (χ2v) is 5.03. The lowest BCUT2D eigenvalue weighted by molar-refractivity contribution is -0.123. The van der Waals surface area contributed by atoms with Gasteiger partial charge in [0.25, 0.3) is 0 Å². The monoisotopic (exact) mass is 178 g/mol. The van der Waals surface area contributed by atoms with Crippen LogP contribution in [0, 0.1) is 17.3 Å². The molecule has 0 aromatic heterocycles. The van der Waals surface area contributed by atoms with Crippen LogP contribution >= 0.6 is 0 Å². The van der Waals surface area contributed by atoms with E-state index in [2.05, 4.69) is 20.8 Å². The lowest BCUT2D eigenvalue weighted by Gasteiger charge is -2.31. The highest BCUT2D eigenvalue weighted by molar-refractivity contribution is 5.80. The normalized spacial score (nSPS) is 43.1. The molecule has 2 aliphatic rings. The van der Waals surface area contributed by atoms with Crippen LogP contribution in [0.25, 0.3) is 0 Å². The number of Topliss-reactive ketones (excluding diaryl/α,β-unsaturated/α-hetero) is 1. The average Bonchev–Trinajstić information content (AvgIpc) is 2.49. The molecule has 1 fully saturated rings. The maximum atomic E-state index is 11.5. The van der Waals surface area contributed by atoms with Gasteiger partial charge in [0.1, 0.15) is 5.78 Å². The van der Waals surface area contributed by atoms with Gasteiger partial charge in [-0.15, -0.1) is 0 Å². The van der Waals surface area contributed by atoms with Crippen LogP contribution < -0.4 is 0 Å². The summed E-state index contributed by atoms with van der Waals surface area (Å²) in [6.45, 7) is 8.47. The third kappa shape index (κ3) is 0.962. The van der Waals surface area contributed by atoms with Crippen molar-refractivity contribution in [1.29, 1.82) is 0 Å². The Morgan fingerprint density at radius 1 is 1.46 bits per heavy atom. The van der Waals surface area contributed by atoms with Crippen molar-refractivity contribution >= 4 is 5.78 Å². The number of fused-ring (bicyclic) bond motifs is 2. The quantitative estimate of drug-likeness (QED) is 0.564. The van der Waals surface area contributed by atoms with Crippen molar-refractivity contribution in [3.8, 4) is 0 Å². The third-order valence-electron chi connectivity index (χ3n) is 4.51. The number of ketones is 1. The van der Waals surface area contributed by atoms with Crippen LogP contribution in [-0.4, -0.2) is 5.78 Å². The van der Waals surface area contributed by atoms with Gasteiger partial charge in [-0.25, -0.2) is 0 Å². The molecule has 0 N–H and O–H groups in total. The molecule has 1 nitrogen and oxygen atoms in total. The molecule has 2 aliphatic carbocycles. The van der Waals surface area contributed by atoms with E-state index in [4.69, 9.17) is 0 Å². The van der Waals surface area contributed by atoms with Crippen molar-refractivity contribution < 1.29 is 4.79 Å². The molecule has 0 aromatic rings. The van der Waals surface area contributed by atoms with Crippen molar-refractivity contribution in [2.45, 2.75) is 40.5 Å². The van der Waals surface area contributed by atoms with Crippen molar-refractivity contribution in [2.24, 2.45) is 17.3 Å². The van der Waals surface area contributed by atoms with Crippen LogP contribution in [0.15, 0.2) is 11.1 Å². The molecule has 2 bridgehead atoms. The highest BCUT2D eigenvalue weighted by Crippen LogP contribution is 2.60. The first kappa shape index (κ1) is 8.98. The van der Waals surface area contributed by atoms with Crippen molar-refractivity contribution in [2.75, 3.05) is 0 Å². The molecular weight excluding hydrogens is 160 g/mol. The topological polar surface area (TPSA) is 17.1 Å². The Hall–Kier alpha value is -0.590. The van der Waals surface area contributed by atoms with Crippen molar-refractivity contribution in [1.82, 2.24) is 0 Å². The molecule has 0 amide bonds.